The number of urea groups is 1. The van der Waals surface area contributed by atoms with Crippen molar-refractivity contribution < 1.29 is 15.0 Å². The zero-order chi connectivity index (χ0) is 18.1. The second-order valence-electron chi connectivity index (χ2n) is 5.54. The minimum atomic E-state index is -0.618. The molecule has 0 saturated carbocycles. The molecule has 3 rings (SSSR count). The molecule has 3 aromatic rings. The van der Waals surface area contributed by atoms with Crippen molar-refractivity contribution in [2.75, 3.05) is 17.7 Å². The first-order valence-corrected chi connectivity index (χ1v) is 7.44. The first-order chi connectivity index (χ1) is 11.9. The summed E-state index contributed by atoms with van der Waals surface area (Å²) in [7, 11) is 3.04. The summed E-state index contributed by atoms with van der Waals surface area (Å²) in [5.74, 6) is -0.225. The Bertz CT molecular complexity index is 976. The van der Waals surface area contributed by atoms with Crippen molar-refractivity contribution in [2.45, 2.75) is 0 Å². The summed E-state index contributed by atoms with van der Waals surface area (Å²) >= 11 is 0. The number of aromatic nitrogens is 1. The molecule has 0 bridgehead atoms. The molecule has 4 N–H and O–H groups in total. The highest BCUT2D eigenvalue weighted by Crippen LogP contribution is 2.40. The van der Waals surface area contributed by atoms with E-state index in [1.165, 1.54) is 23.6 Å². The number of fused-ring (bicyclic) bond motifs is 1. The van der Waals surface area contributed by atoms with Crippen LogP contribution in [0.2, 0.25) is 0 Å². The largest absolute Gasteiger partial charge is 0.494 e. The molecule has 2 amide bonds. The maximum absolute atomic E-state index is 12.3. The van der Waals surface area contributed by atoms with Gasteiger partial charge in [-0.25, -0.2) is 4.79 Å². The van der Waals surface area contributed by atoms with Crippen LogP contribution in [-0.4, -0.2) is 27.9 Å². The third kappa shape index (κ3) is 2.85. The number of nitrogens with two attached hydrogens (primary N) is 1. The molecule has 0 radical (unpaired) electrons. The zero-order valence-corrected chi connectivity index (χ0v) is 13.7. The van der Waals surface area contributed by atoms with Crippen LogP contribution in [0.1, 0.15) is 0 Å². The molecule has 0 aliphatic rings. The summed E-state index contributed by atoms with van der Waals surface area (Å²) in [6.07, 6.45) is 0. The Kier molecular flexibility index (Phi) is 4.02. The second-order valence-corrected chi connectivity index (χ2v) is 5.54. The smallest absolute Gasteiger partial charge is 0.366 e. The normalized spacial score (nSPS) is 11.3. The van der Waals surface area contributed by atoms with Gasteiger partial charge in [-0.1, -0.05) is 11.2 Å². The van der Waals surface area contributed by atoms with Gasteiger partial charge in [0.2, 0.25) is 11.8 Å². The Morgan fingerprint density at radius 2 is 1.80 bits per heavy atom. The highest BCUT2D eigenvalue weighted by Gasteiger charge is 2.20. The molecule has 128 valence electrons. The van der Waals surface area contributed by atoms with Gasteiger partial charge < -0.3 is 15.9 Å². The molecule has 8 heteroatoms. The van der Waals surface area contributed by atoms with Crippen LogP contribution >= 0.6 is 0 Å². The SMILES string of the molecule is CN(C(=O)N=Nc1ccc(N)cc1)c1cccc2c(O)n(C)c(O)c12. The van der Waals surface area contributed by atoms with Gasteiger partial charge in [-0.3, -0.25) is 9.47 Å². The van der Waals surface area contributed by atoms with Gasteiger partial charge in [0.05, 0.1) is 16.8 Å². The van der Waals surface area contributed by atoms with Gasteiger partial charge >= 0.3 is 6.03 Å². The lowest BCUT2D eigenvalue weighted by Crippen LogP contribution is -2.22. The number of hydrogen-bond acceptors (Lipinski definition) is 5. The zero-order valence-electron chi connectivity index (χ0n) is 13.7. The number of anilines is 2. The van der Waals surface area contributed by atoms with E-state index in [1.807, 2.05) is 0 Å². The van der Waals surface area contributed by atoms with Crippen molar-refractivity contribution in [3.8, 4) is 11.8 Å². The summed E-state index contributed by atoms with van der Waals surface area (Å²) in [5, 5.41) is 28.6. The lowest BCUT2D eigenvalue weighted by molar-refractivity contribution is 0.254. The molecule has 2 aromatic carbocycles. The summed E-state index contributed by atoms with van der Waals surface area (Å²) in [6, 6.07) is 11.0. The Labute approximate surface area is 143 Å². The number of nitrogens with zero attached hydrogens (tertiary/aromatic N) is 4. The molecule has 0 saturated heterocycles. The number of hydrogen-bond donors (Lipinski definition) is 3. The van der Waals surface area contributed by atoms with Crippen molar-refractivity contribution in [2.24, 2.45) is 17.3 Å². The van der Waals surface area contributed by atoms with Crippen LogP contribution in [0, 0.1) is 0 Å². The molecule has 0 aliphatic heterocycles. The summed E-state index contributed by atoms with van der Waals surface area (Å²) in [4.78, 5) is 13.6. The van der Waals surface area contributed by atoms with Crippen LogP contribution in [0.5, 0.6) is 11.8 Å². The van der Waals surface area contributed by atoms with E-state index >= 15 is 0 Å². The first-order valence-electron chi connectivity index (χ1n) is 7.44. The molecule has 0 fully saturated rings. The lowest BCUT2D eigenvalue weighted by atomic mass is 10.1. The maximum atomic E-state index is 12.3. The standard InChI is InChI=1S/C17H17N5O3/c1-21(17(25)20-19-11-8-6-10(18)7-9-11)13-5-3-4-12-14(13)16(24)22(2)15(12)23/h3-9,23-24H,18H2,1-2H3. The number of carbonyl (C=O) groups excluding carboxylic acids is 1. The molecule has 25 heavy (non-hydrogen) atoms. The van der Waals surface area contributed by atoms with Gasteiger partial charge in [-0.15, -0.1) is 5.11 Å². The van der Waals surface area contributed by atoms with Gasteiger partial charge in [-0.05, 0) is 36.4 Å². The van der Waals surface area contributed by atoms with Crippen LogP contribution in [-0.2, 0) is 7.05 Å². The Balaban J connectivity index is 1.94. The summed E-state index contributed by atoms with van der Waals surface area (Å²) in [5.41, 5.74) is 7.09. The van der Waals surface area contributed by atoms with Crippen molar-refractivity contribution >= 4 is 33.9 Å². The Hall–Kier alpha value is -3.55. The van der Waals surface area contributed by atoms with E-state index in [0.29, 0.717) is 27.8 Å². The van der Waals surface area contributed by atoms with Crippen molar-refractivity contribution in [3.63, 3.8) is 0 Å². The Morgan fingerprint density at radius 3 is 2.48 bits per heavy atom. The number of amides is 2. The van der Waals surface area contributed by atoms with Crippen LogP contribution in [0.4, 0.5) is 21.9 Å². The highest BCUT2D eigenvalue weighted by molar-refractivity contribution is 6.07. The highest BCUT2D eigenvalue weighted by atomic mass is 16.3. The van der Waals surface area contributed by atoms with E-state index in [9.17, 15) is 15.0 Å². The predicted molar refractivity (Wildman–Crippen MR) is 95.4 cm³/mol. The topological polar surface area (TPSA) is 116 Å². The number of rotatable bonds is 2. The van der Waals surface area contributed by atoms with Crippen LogP contribution in [0.25, 0.3) is 10.8 Å². The fourth-order valence-corrected chi connectivity index (χ4v) is 2.50. The minimum absolute atomic E-state index is 0.0845. The van der Waals surface area contributed by atoms with Crippen molar-refractivity contribution in [1.29, 1.82) is 0 Å². The first kappa shape index (κ1) is 16.3. The van der Waals surface area contributed by atoms with E-state index < -0.39 is 6.03 Å². The molecule has 0 atom stereocenters. The van der Waals surface area contributed by atoms with Crippen LogP contribution in [0.3, 0.4) is 0 Å². The maximum Gasteiger partial charge on any atom is 0.366 e. The monoisotopic (exact) mass is 339 g/mol. The number of nitrogen functional groups attached to an aromatic ring is 1. The number of aromatic hydroxyl groups is 2. The van der Waals surface area contributed by atoms with Crippen molar-refractivity contribution in [1.82, 2.24) is 4.57 Å². The number of azo groups is 1. The van der Waals surface area contributed by atoms with Gasteiger partial charge in [0.25, 0.3) is 0 Å². The third-order valence-corrected chi connectivity index (χ3v) is 3.93. The molecular weight excluding hydrogens is 322 g/mol. The number of benzene rings is 2. The molecule has 1 heterocycles. The average molecular weight is 339 g/mol. The minimum Gasteiger partial charge on any atom is -0.494 e. The van der Waals surface area contributed by atoms with Gasteiger partial charge in [0, 0.05) is 25.2 Å². The van der Waals surface area contributed by atoms with Crippen LogP contribution < -0.4 is 10.6 Å². The predicted octanol–water partition coefficient (Wildman–Crippen LogP) is 3.51. The molecule has 0 aliphatic carbocycles. The fourth-order valence-electron chi connectivity index (χ4n) is 2.50. The van der Waals surface area contributed by atoms with Gasteiger partial charge in [0.1, 0.15) is 0 Å². The van der Waals surface area contributed by atoms with E-state index in [4.69, 9.17) is 5.73 Å². The summed E-state index contributed by atoms with van der Waals surface area (Å²) in [6.45, 7) is 0. The molecule has 8 nitrogen and oxygen atoms in total. The van der Waals surface area contributed by atoms with E-state index in [-0.39, 0.29) is 11.8 Å². The van der Waals surface area contributed by atoms with Crippen LogP contribution in [0.15, 0.2) is 52.7 Å². The summed E-state index contributed by atoms with van der Waals surface area (Å²) < 4.78 is 1.24. The fraction of sp³-hybridized carbons (Fsp3) is 0.118. The second kappa shape index (κ2) is 6.16. The third-order valence-electron chi connectivity index (χ3n) is 3.93. The number of carbonyl (C=O) groups is 1. The molecule has 0 unspecified atom stereocenters. The van der Waals surface area contributed by atoms with E-state index in [2.05, 4.69) is 10.2 Å². The molecule has 1 aromatic heterocycles. The lowest BCUT2D eigenvalue weighted by Gasteiger charge is -2.15. The van der Waals surface area contributed by atoms with E-state index in [1.54, 1.807) is 42.5 Å². The molecule has 0 spiro atoms. The van der Waals surface area contributed by atoms with Gasteiger partial charge in [0.15, 0.2) is 0 Å². The quantitative estimate of drug-likeness (QED) is 0.489. The average Bonchev–Trinajstić information content (AvgIpc) is 2.85. The Morgan fingerprint density at radius 1 is 1.12 bits per heavy atom. The van der Waals surface area contributed by atoms with Gasteiger partial charge in [-0.2, -0.15) is 0 Å². The van der Waals surface area contributed by atoms with Crippen molar-refractivity contribution in [3.05, 3.63) is 42.5 Å². The molecular formula is C17H17N5O3. The van der Waals surface area contributed by atoms with E-state index in [0.717, 1.165) is 0 Å².